The molecule has 2 aliphatic carbocycles. The molecule has 1 saturated carbocycles. The molecule has 1 unspecified atom stereocenters. The number of carbonyl (C=O) groups is 1. The van der Waals surface area contributed by atoms with Crippen molar-refractivity contribution < 1.29 is 37.2 Å². The molecular weight excluding hydrogens is 294 g/mol. The number of hydrogen-bond acceptors (Lipinski definition) is 5. The molecule has 1 aromatic carbocycles. The topological polar surface area (TPSA) is 59.0 Å². The molecule has 0 aromatic heterocycles. The predicted octanol–water partition coefficient (Wildman–Crippen LogP) is 1.05. The molecule has 0 amide bonds. The first-order valence-electron chi connectivity index (χ1n) is 13.7. The lowest BCUT2D eigenvalue weighted by Gasteiger charge is -2.62. The lowest BCUT2D eigenvalue weighted by Crippen LogP contribution is -2.76. The van der Waals surface area contributed by atoms with Crippen molar-refractivity contribution in [2.45, 2.75) is 48.7 Å². The number of methoxy groups -OCH3 is 1. The maximum atomic E-state index is 13.3. The minimum atomic E-state index is -3.23. The van der Waals surface area contributed by atoms with Crippen LogP contribution < -0.4 is 9.47 Å². The van der Waals surface area contributed by atoms with Gasteiger partial charge in [-0.2, -0.15) is 0 Å². The molecule has 1 saturated heterocycles. The first kappa shape index (κ1) is 6.05. The number of ether oxygens (including phenoxy) is 2. The lowest BCUT2D eigenvalue weighted by atomic mass is 9.49. The fraction of sp³-hybridized carbons (Fsp3) is 0.611. The third-order valence-corrected chi connectivity index (χ3v) is 5.35. The number of piperidine rings is 1. The zero-order chi connectivity index (χ0) is 27.2. The third-order valence-electron chi connectivity index (χ3n) is 5.35. The van der Waals surface area contributed by atoms with Gasteiger partial charge >= 0.3 is 0 Å². The van der Waals surface area contributed by atoms with Crippen molar-refractivity contribution in [1.29, 1.82) is 0 Å². The van der Waals surface area contributed by atoms with Gasteiger partial charge in [-0.15, -0.1) is 0 Å². The maximum absolute atomic E-state index is 13.3. The van der Waals surface area contributed by atoms with Crippen molar-refractivity contribution >= 4 is 5.78 Å². The van der Waals surface area contributed by atoms with E-state index in [0.717, 1.165) is 0 Å². The molecule has 2 bridgehead atoms. The molecule has 23 heavy (non-hydrogen) atoms. The van der Waals surface area contributed by atoms with Gasteiger partial charge in [0.25, 0.3) is 0 Å². The number of likely N-dealkylation sites (N-methyl/N-ethyl adjacent to an activating group) is 1. The molecule has 5 heteroatoms. The van der Waals surface area contributed by atoms with Crippen LogP contribution in [0.2, 0.25) is 0 Å². The Morgan fingerprint density at radius 1 is 1.61 bits per heavy atom. The molecule has 5 rings (SSSR count). The standard InChI is InChI=1S/C18H21NO4/c1-19-8-7-17-14-10-3-4-12(22-2)15(14)23-16(17)11(20)5-6-18(17,21)13(19)9-10/h3-4,13,16,21H,5-9H2,1-2H3/t13-,16?,17+,18-/m1/s1/i1D3,2D3,3D,4D,5D2,9D2,13D. The van der Waals surface area contributed by atoms with Gasteiger partial charge in [0.2, 0.25) is 0 Å². The summed E-state index contributed by atoms with van der Waals surface area (Å²) in [5.41, 5.74) is -6.07. The summed E-state index contributed by atoms with van der Waals surface area (Å²) in [7, 11) is -3.16. The molecule has 5 nitrogen and oxygen atoms in total. The largest absolute Gasteiger partial charge is 0.493 e. The first-order valence-corrected chi connectivity index (χ1v) is 7.18. The Balaban J connectivity index is 1.98. The van der Waals surface area contributed by atoms with Gasteiger partial charge in [0.1, 0.15) is 0 Å². The average molecular weight is 328 g/mol. The third kappa shape index (κ3) is 1.32. The van der Waals surface area contributed by atoms with E-state index in [0.29, 0.717) is 4.90 Å². The van der Waals surface area contributed by atoms with Gasteiger partial charge in [-0.05, 0) is 44.3 Å². The second kappa shape index (κ2) is 4.08. The molecule has 2 aliphatic heterocycles. The van der Waals surface area contributed by atoms with Crippen molar-refractivity contribution in [3.8, 4) is 11.5 Å². The number of rotatable bonds is 1. The number of likely N-dealkylation sites (tertiary alicyclic amines) is 1. The monoisotopic (exact) mass is 328 g/mol. The van der Waals surface area contributed by atoms with E-state index >= 15 is 0 Å². The van der Waals surface area contributed by atoms with Gasteiger partial charge in [-0.25, -0.2) is 0 Å². The number of nitrogens with zero attached hydrogens (tertiary/aromatic N) is 1. The van der Waals surface area contributed by atoms with Crippen molar-refractivity contribution in [2.24, 2.45) is 0 Å². The van der Waals surface area contributed by atoms with E-state index in [1.807, 2.05) is 0 Å². The minimum absolute atomic E-state index is 0.364. The number of carbonyl (C=O) groups excluding carboxylic acids is 1. The van der Waals surface area contributed by atoms with Gasteiger partial charge in [0, 0.05) is 27.5 Å². The Labute approximate surface area is 153 Å². The van der Waals surface area contributed by atoms with Crippen LogP contribution >= 0.6 is 0 Å². The summed E-state index contributed by atoms with van der Waals surface area (Å²) < 4.78 is 117. The molecule has 0 radical (unpaired) electrons. The van der Waals surface area contributed by atoms with Gasteiger partial charge < -0.3 is 19.5 Å². The lowest BCUT2D eigenvalue weighted by molar-refractivity contribution is -0.185. The highest BCUT2D eigenvalue weighted by atomic mass is 16.5. The molecule has 1 spiro atoms. The Hall–Kier alpha value is -1.59. The molecule has 1 N–H and O–H groups in total. The number of aliphatic hydroxyl groups is 1. The fourth-order valence-electron chi connectivity index (χ4n) is 4.36. The summed E-state index contributed by atoms with van der Waals surface area (Å²) in [6.45, 7) is -3.69. The van der Waals surface area contributed by atoms with Gasteiger partial charge in [0.15, 0.2) is 23.4 Å². The van der Waals surface area contributed by atoms with Crippen LogP contribution in [-0.4, -0.2) is 54.1 Å². The highest BCUT2D eigenvalue weighted by molar-refractivity contribution is 5.90. The quantitative estimate of drug-likeness (QED) is 0.835. The maximum Gasteiger partial charge on any atom is 0.174 e. The van der Waals surface area contributed by atoms with Crippen LogP contribution in [0.3, 0.4) is 0 Å². The van der Waals surface area contributed by atoms with E-state index in [1.165, 1.54) is 0 Å². The predicted molar refractivity (Wildman–Crippen MR) is 83.0 cm³/mol. The van der Waals surface area contributed by atoms with E-state index in [9.17, 15) is 11.3 Å². The Kier molecular flexibility index (Phi) is 1.07. The zero-order valence-electron chi connectivity index (χ0n) is 24.8. The van der Waals surface area contributed by atoms with E-state index in [1.54, 1.807) is 0 Å². The van der Waals surface area contributed by atoms with E-state index in [-0.39, 0.29) is 5.56 Å². The Bertz CT molecular complexity index is 1210. The van der Waals surface area contributed by atoms with Crippen LogP contribution in [0.1, 0.15) is 48.2 Å². The number of hydrogen-bond donors (Lipinski definition) is 1. The summed E-state index contributed by atoms with van der Waals surface area (Å²) in [5, 5.41) is 12.2. The number of Topliss-reactive ketones (excluding diaryl/α,β-unsaturated/α-hetero) is 1. The minimum Gasteiger partial charge on any atom is -0.493 e. The second-order valence-corrected chi connectivity index (χ2v) is 6.18. The van der Waals surface area contributed by atoms with Crippen LogP contribution in [0.15, 0.2) is 12.1 Å². The summed E-state index contributed by atoms with van der Waals surface area (Å²) in [4.78, 5) is 13.7. The van der Waals surface area contributed by atoms with Crippen LogP contribution in [0.25, 0.3) is 0 Å². The van der Waals surface area contributed by atoms with E-state index in [4.69, 9.17) is 25.9 Å². The van der Waals surface area contributed by atoms with E-state index in [2.05, 4.69) is 0 Å². The molecule has 4 atom stereocenters. The SMILES string of the molecule is [2H]c1c([2H])c2c3c(c1OC([2H])([2H])[2H])OC1C(=O)C([2H])([2H])C[C@]4(O)[C@@]31CCN(C([2H])([2H])[2H])[C@]4([2H])C2([2H])[2H]. The molecule has 2 heterocycles. The summed E-state index contributed by atoms with van der Waals surface area (Å²) >= 11 is 0. The van der Waals surface area contributed by atoms with Crippen LogP contribution in [0, 0.1) is 0 Å². The Morgan fingerprint density at radius 3 is 3.35 bits per heavy atom. The fourth-order valence-corrected chi connectivity index (χ4v) is 4.36. The average Bonchev–Trinajstić information content (AvgIpc) is 3.01. The van der Waals surface area contributed by atoms with Crippen molar-refractivity contribution in [1.82, 2.24) is 4.90 Å². The van der Waals surface area contributed by atoms with Crippen molar-refractivity contribution in [2.75, 3.05) is 20.6 Å². The molecule has 2 fully saturated rings. The highest BCUT2D eigenvalue weighted by Crippen LogP contribution is 2.64. The Morgan fingerprint density at radius 2 is 2.52 bits per heavy atom. The summed E-state index contributed by atoms with van der Waals surface area (Å²) in [5.74, 6) is -2.60. The summed E-state index contributed by atoms with van der Waals surface area (Å²) in [6.07, 6.45) is -9.61. The first-order chi connectivity index (χ1) is 16.1. The van der Waals surface area contributed by atoms with Crippen LogP contribution in [0.5, 0.6) is 11.5 Å². The zero-order valence-corrected chi connectivity index (χ0v) is 11.8. The normalized spacial score (nSPS) is 57.5. The van der Waals surface area contributed by atoms with Crippen molar-refractivity contribution in [3.05, 3.63) is 23.2 Å². The number of ketones is 1. The van der Waals surface area contributed by atoms with Crippen LogP contribution in [0.4, 0.5) is 0 Å². The summed E-state index contributed by atoms with van der Waals surface area (Å²) in [6, 6.07) is -5.03. The van der Waals surface area contributed by atoms with Crippen molar-refractivity contribution in [3.63, 3.8) is 0 Å². The second-order valence-electron chi connectivity index (χ2n) is 6.18. The highest BCUT2D eigenvalue weighted by Gasteiger charge is 2.72. The number of benzene rings is 1. The molecule has 1 aromatic rings. The molecule has 122 valence electrons. The molecular formula is C18H21NO4. The van der Waals surface area contributed by atoms with Crippen LogP contribution in [-0.2, 0) is 16.6 Å². The van der Waals surface area contributed by atoms with Gasteiger partial charge in [-0.1, -0.05) is 6.04 Å². The van der Waals surface area contributed by atoms with E-state index < -0.39 is 104 Å². The smallest absolute Gasteiger partial charge is 0.174 e. The van der Waals surface area contributed by atoms with Gasteiger partial charge in [0.05, 0.1) is 26.3 Å². The van der Waals surface area contributed by atoms with Gasteiger partial charge in [-0.3, -0.25) is 4.79 Å². The molecule has 4 aliphatic rings.